The Morgan fingerprint density at radius 3 is 2.29 bits per heavy atom. The molecule has 1 heterocycles. The average Bonchev–Trinajstić information content (AvgIpc) is 2.81. The second kappa shape index (κ2) is 5.33. The minimum absolute atomic E-state index is 0.458. The summed E-state index contributed by atoms with van der Waals surface area (Å²) in [6, 6.07) is 0.963. The molecular formula is C10H19NOS2. The van der Waals surface area contributed by atoms with Crippen LogP contribution in [0.25, 0.3) is 0 Å². The lowest BCUT2D eigenvalue weighted by atomic mass is 10.2. The monoisotopic (exact) mass is 233 g/mol. The molecule has 14 heavy (non-hydrogen) atoms. The summed E-state index contributed by atoms with van der Waals surface area (Å²) in [6.45, 7) is 9.64. The lowest BCUT2D eigenvalue weighted by Crippen LogP contribution is -2.39. The Bertz CT molecular complexity index is 194. The van der Waals surface area contributed by atoms with E-state index in [0.717, 1.165) is 16.7 Å². The summed E-state index contributed by atoms with van der Waals surface area (Å²) in [5.41, 5.74) is 0. The molecule has 1 unspecified atom stereocenters. The highest BCUT2D eigenvalue weighted by atomic mass is 32.2. The molecule has 1 fully saturated rings. The molecule has 2 nitrogen and oxygen atoms in total. The number of epoxide rings is 1. The van der Waals surface area contributed by atoms with Crippen molar-refractivity contribution in [3.63, 3.8) is 0 Å². The highest BCUT2D eigenvalue weighted by molar-refractivity contribution is 8.22. The molecule has 0 bridgehead atoms. The second-order valence-electron chi connectivity index (χ2n) is 4.13. The molecular weight excluding hydrogens is 214 g/mol. The van der Waals surface area contributed by atoms with Crippen LogP contribution in [0.5, 0.6) is 0 Å². The fourth-order valence-corrected chi connectivity index (χ4v) is 3.14. The van der Waals surface area contributed by atoms with Gasteiger partial charge in [-0.15, -0.1) is 0 Å². The Kier molecular flexibility index (Phi) is 4.67. The van der Waals surface area contributed by atoms with Crippen LogP contribution in [0.1, 0.15) is 27.7 Å². The van der Waals surface area contributed by atoms with Gasteiger partial charge in [0.1, 0.15) is 4.32 Å². The highest BCUT2D eigenvalue weighted by Crippen LogP contribution is 2.21. The van der Waals surface area contributed by atoms with E-state index in [4.69, 9.17) is 17.0 Å². The molecule has 0 aliphatic carbocycles. The van der Waals surface area contributed by atoms with E-state index in [1.54, 1.807) is 11.8 Å². The molecule has 1 saturated heterocycles. The van der Waals surface area contributed by atoms with Crippen molar-refractivity contribution in [3.05, 3.63) is 0 Å². The summed E-state index contributed by atoms with van der Waals surface area (Å²) < 4.78 is 6.17. The zero-order valence-corrected chi connectivity index (χ0v) is 11.0. The van der Waals surface area contributed by atoms with E-state index in [1.165, 1.54) is 0 Å². The minimum Gasteiger partial charge on any atom is -0.372 e. The van der Waals surface area contributed by atoms with Gasteiger partial charge >= 0.3 is 0 Å². The zero-order chi connectivity index (χ0) is 10.7. The Morgan fingerprint density at radius 2 is 1.93 bits per heavy atom. The van der Waals surface area contributed by atoms with Crippen LogP contribution < -0.4 is 0 Å². The number of hydrogen-bond acceptors (Lipinski definition) is 3. The molecule has 0 amide bonds. The van der Waals surface area contributed by atoms with Gasteiger partial charge in [0.2, 0.25) is 0 Å². The summed E-state index contributed by atoms with van der Waals surface area (Å²) in [5, 5.41) is 0. The number of ether oxygens (including phenoxy) is 1. The summed E-state index contributed by atoms with van der Waals surface area (Å²) in [6.07, 6.45) is 0.458. The Morgan fingerprint density at radius 1 is 1.43 bits per heavy atom. The molecule has 1 atom stereocenters. The number of hydrogen-bond donors (Lipinski definition) is 0. The molecule has 1 aliphatic rings. The molecule has 82 valence electrons. The molecule has 0 saturated carbocycles. The Balaban J connectivity index is 2.36. The van der Waals surface area contributed by atoms with E-state index < -0.39 is 0 Å². The van der Waals surface area contributed by atoms with Gasteiger partial charge in [0, 0.05) is 17.8 Å². The van der Waals surface area contributed by atoms with Crippen LogP contribution >= 0.6 is 24.0 Å². The molecule has 0 aromatic carbocycles. The number of nitrogens with zero attached hydrogens (tertiary/aromatic N) is 1. The molecule has 1 aliphatic heterocycles. The van der Waals surface area contributed by atoms with Crippen molar-refractivity contribution in [2.75, 3.05) is 12.4 Å². The summed E-state index contributed by atoms with van der Waals surface area (Å²) in [5.74, 6) is 1.01. The zero-order valence-electron chi connectivity index (χ0n) is 9.32. The fraction of sp³-hybridized carbons (Fsp3) is 0.900. The SMILES string of the molecule is CC(C)N(C(=S)SCC1CO1)C(C)C. The second-order valence-corrected chi connectivity index (χ2v) is 5.78. The average molecular weight is 233 g/mol. The van der Waals surface area contributed by atoms with Gasteiger partial charge in [-0.1, -0.05) is 24.0 Å². The molecule has 0 N–H and O–H groups in total. The van der Waals surface area contributed by atoms with Gasteiger partial charge in [-0.25, -0.2) is 0 Å². The Labute approximate surface area is 96.4 Å². The molecule has 0 spiro atoms. The van der Waals surface area contributed by atoms with Crippen LogP contribution in [0.4, 0.5) is 0 Å². The fourth-order valence-electron chi connectivity index (χ4n) is 1.42. The van der Waals surface area contributed by atoms with Crippen LogP contribution in [0.3, 0.4) is 0 Å². The largest absolute Gasteiger partial charge is 0.372 e. The van der Waals surface area contributed by atoms with Crippen LogP contribution in [0.15, 0.2) is 0 Å². The lowest BCUT2D eigenvalue weighted by molar-refractivity contribution is 0.303. The van der Waals surface area contributed by atoms with Crippen LogP contribution in [-0.2, 0) is 4.74 Å². The lowest BCUT2D eigenvalue weighted by Gasteiger charge is -2.32. The topological polar surface area (TPSA) is 15.8 Å². The van der Waals surface area contributed by atoms with Crippen molar-refractivity contribution >= 4 is 28.3 Å². The van der Waals surface area contributed by atoms with Crippen molar-refractivity contribution < 1.29 is 4.74 Å². The Hall–Kier alpha value is 0.200. The van der Waals surface area contributed by atoms with E-state index in [9.17, 15) is 0 Å². The van der Waals surface area contributed by atoms with Gasteiger partial charge in [0.15, 0.2) is 0 Å². The predicted molar refractivity (Wildman–Crippen MR) is 66.9 cm³/mol. The van der Waals surface area contributed by atoms with Gasteiger partial charge in [0.25, 0.3) is 0 Å². The normalized spacial score (nSPS) is 20.3. The number of thioether (sulfide) groups is 1. The maximum atomic E-state index is 5.41. The first kappa shape index (κ1) is 12.3. The van der Waals surface area contributed by atoms with Crippen LogP contribution in [0.2, 0.25) is 0 Å². The standard InChI is InChI=1S/C10H19NOS2/c1-7(2)11(8(3)4)10(13)14-6-9-5-12-9/h7-9H,5-6H2,1-4H3. The third kappa shape index (κ3) is 3.75. The first-order chi connectivity index (χ1) is 6.52. The third-order valence-corrected chi connectivity index (χ3v) is 3.68. The van der Waals surface area contributed by atoms with Crippen LogP contribution in [0, 0.1) is 0 Å². The van der Waals surface area contributed by atoms with E-state index >= 15 is 0 Å². The molecule has 0 radical (unpaired) electrons. The summed E-state index contributed by atoms with van der Waals surface area (Å²) in [7, 11) is 0. The number of thiocarbonyl (C=S) groups is 1. The highest BCUT2D eigenvalue weighted by Gasteiger charge is 2.25. The van der Waals surface area contributed by atoms with Gasteiger partial charge in [-0.3, -0.25) is 0 Å². The maximum absolute atomic E-state index is 5.41. The molecule has 0 aromatic rings. The summed E-state index contributed by atoms with van der Waals surface area (Å²) >= 11 is 7.15. The van der Waals surface area contributed by atoms with Crippen molar-refractivity contribution in [3.8, 4) is 0 Å². The minimum atomic E-state index is 0.458. The first-order valence-electron chi connectivity index (χ1n) is 5.09. The van der Waals surface area contributed by atoms with Gasteiger partial charge < -0.3 is 9.64 Å². The van der Waals surface area contributed by atoms with Crippen molar-refractivity contribution in [2.45, 2.75) is 45.9 Å². The molecule has 1 rings (SSSR count). The third-order valence-electron chi connectivity index (χ3n) is 2.12. The van der Waals surface area contributed by atoms with Crippen molar-refractivity contribution in [1.82, 2.24) is 4.90 Å². The van der Waals surface area contributed by atoms with E-state index in [2.05, 4.69) is 32.6 Å². The smallest absolute Gasteiger partial charge is 0.136 e. The van der Waals surface area contributed by atoms with Crippen molar-refractivity contribution in [1.29, 1.82) is 0 Å². The maximum Gasteiger partial charge on any atom is 0.136 e. The van der Waals surface area contributed by atoms with Crippen molar-refractivity contribution in [2.24, 2.45) is 0 Å². The predicted octanol–water partition coefficient (Wildman–Crippen LogP) is 2.52. The number of rotatable bonds is 4. The van der Waals surface area contributed by atoms with Gasteiger partial charge in [-0.2, -0.15) is 0 Å². The van der Waals surface area contributed by atoms with Gasteiger partial charge in [-0.05, 0) is 27.7 Å². The summed E-state index contributed by atoms with van der Waals surface area (Å²) in [4.78, 5) is 2.28. The molecule has 4 heteroatoms. The van der Waals surface area contributed by atoms with E-state index in [1.807, 2.05) is 0 Å². The quantitative estimate of drug-likeness (QED) is 0.547. The van der Waals surface area contributed by atoms with Crippen LogP contribution in [-0.4, -0.2) is 39.8 Å². The van der Waals surface area contributed by atoms with E-state index in [0.29, 0.717) is 18.2 Å². The first-order valence-corrected chi connectivity index (χ1v) is 6.48. The molecule has 0 aromatic heterocycles. The van der Waals surface area contributed by atoms with E-state index in [-0.39, 0.29) is 0 Å². The van der Waals surface area contributed by atoms with Gasteiger partial charge in [0.05, 0.1) is 12.7 Å².